The van der Waals surface area contributed by atoms with Gasteiger partial charge < -0.3 is 5.32 Å². The largest absolute Gasteiger partial charge is 0.319 e. The average Bonchev–Trinajstić information content (AvgIpc) is 2.48. The van der Waals surface area contributed by atoms with Gasteiger partial charge in [0.15, 0.2) is 0 Å². The molecular formula is C18H23N. The van der Waals surface area contributed by atoms with Gasteiger partial charge in [0, 0.05) is 0 Å². The molecule has 2 atom stereocenters. The smallest absolute Gasteiger partial charge is 0.00204 e. The van der Waals surface area contributed by atoms with Gasteiger partial charge in [-0.1, -0.05) is 68.4 Å². The van der Waals surface area contributed by atoms with Gasteiger partial charge in [-0.15, -0.1) is 0 Å². The topological polar surface area (TPSA) is 12.0 Å². The first-order valence-corrected chi connectivity index (χ1v) is 7.02. The van der Waals surface area contributed by atoms with Gasteiger partial charge in [-0.05, 0) is 42.1 Å². The second kappa shape index (κ2) is 6.53. The molecule has 0 saturated heterocycles. The molecule has 2 rings (SSSR count). The normalized spacial score (nSPS) is 14.1. The van der Waals surface area contributed by atoms with Gasteiger partial charge in [-0.2, -0.15) is 0 Å². The van der Waals surface area contributed by atoms with Crippen molar-refractivity contribution in [3.05, 3.63) is 60.2 Å². The van der Waals surface area contributed by atoms with Crippen molar-refractivity contribution in [2.45, 2.75) is 19.8 Å². The molecule has 0 fully saturated rings. The molecule has 0 spiro atoms. The van der Waals surface area contributed by atoms with Crippen LogP contribution in [0.1, 0.15) is 25.3 Å². The fourth-order valence-electron chi connectivity index (χ4n) is 2.44. The van der Waals surface area contributed by atoms with Crippen LogP contribution in [0.4, 0.5) is 0 Å². The van der Waals surface area contributed by atoms with Crippen molar-refractivity contribution >= 4 is 0 Å². The van der Waals surface area contributed by atoms with E-state index in [1.54, 1.807) is 0 Å². The maximum Gasteiger partial charge on any atom is -0.00204 e. The Labute approximate surface area is 116 Å². The molecule has 1 heteroatoms. The minimum Gasteiger partial charge on any atom is -0.319 e. The maximum absolute atomic E-state index is 3.26. The van der Waals surface area contributed by atoms with Gasteiger partial charge >= 0.3 is 0 Å². The molecule has 0 aliphatic carbocycles. The Hall–Kier alpha value is -1.60. The molecule has 100 valence electrons. The summed E-state index contributed by atoms with van der Waals surface area (Å²) in [6.45, 7) is 5.66. The van der Waals surface area contributed by atoms with E-state index in [9.17, 15) is 0 Å². The van der Waals surface area contributed by atoms with Crippen molar-refractivity contribution in [2.24, 2.45) is 5.92 Å². The summed E-state index contributed by atoms with van der Waals surface area (Å²) >= 11 is 0. The summed E-state index contributed by atoms with van der Waals surface area (Å²) in [5, 5.41) is 3.26. The van der Waals surface area contributed by atoms with E-state index in [0.29, 0.717) is 11.8 Å². The van der Waals surface area contributed by atoms with Crippen molar-refractivity contribution in [3.8, 4) is 11.1 Å². The summed E-state index contributed by atoms with van der Waals surface area (Å²) in [4.78, 5) is 0. The highest BCUT2D eigenvalue weighted by Gasteiger charge is 2.13. The Kier molecular flexibility index (Phi) is 4.75. The summed E-state index contributed by atoms with van der Waals surface area (Å²) in [5.74, 6) is 1.23. The molecule has 0 bridgehead atoms. The Bertz CT molecular complexity index is 487. The molecular weight excluding hydrogens is 230 g/mol. The Morgan fingerprint density at radius 2 is 1.42 bits per heavy atom. The van der Waals surface area contributed by atoms with Crippen LogP contribution in [-0.2, 0) is 0 Å². The van der Waals surface area contributed by atoms with E-state index in [4.69, 9.17) is 0 Å². The molecule has 1 N–H and O–H groups in total. The van der Waals surface area contributed by atoms with Gasteiger partial charge in [0.25, 0.3) is 0 Å². The molecule has 2 aromatic carbocycles. The van der Waals surface area contributed by atoms with Crippen molar-refractivity contribution < 1.29 is 0 Å². The van der Waals surface area contributed by atoms with E-state index in [2.05, 4.69) is 73.8 Å². The zero-order chi connectivity index (χ0) is 13.7. The number of rotatable bonds is 5. The van der Waals surface area contributed by atoms with Gasteiger partial charge in [-0.25, -0.2) is 0 Å². The van der Waals surface area contributed by atoms with E-state index in [1.807, 2.05) is 7.05 Å². The fraction of sp³-hybridized carbons (Fsp3) is 0.333. The molecule has 0 aliphatic rings. The van der Waals surface area contributed by atoms with E-state index in [-0.39, 0.29) is 0 Å². The highest BCUT2D eigenvalue weighted by atomic mass is 14.8. The van der Waals surface area contributed by atoms with Gasteiger partial charge in [-0.3, -0.25) is 0 Å². The first-order valence-electron chi connectivity index (χ1n) is 7.02. The van der Waals surface area contributed by atoms with Crippen LogP contribution in [0.25, 0.3) is 11.1 Å². The van der Waals surface area contributed by atoms with Crippen LogP contribution in [0.5, 0.6) is 0 Å². The van der Waals surface area contributed by atoms with Crippen LogP contribution < -0.4 is 5.32 Å². The summed E-state index contributed by atoms with van der Waals surface area (Å²) in [6.07, 6.45) is 0. The van der Waals surface area contributed by atoms with Crippen LogP contribution in [0.15, 0.2) is 54.6 Å². The molecule has 2 unspecified atom stereocenters. The average molecular weight is 253 g/mol. The second-order valence-electron chi connectivity index (χ2n) is 5.31. The molecule has 0 radical (unpaired) electrons. The lowest BCUT2D eigenvalue weighted by Gasteiger charge is -2.20. The summed E-state index contributed by atoms with van der Waals surface area (Å²) < 4.78 is 0. The minimum atomic E-state index is 0.581. The van der Waals surface area contributed by atoms with Gasteiger partial charge in [0.1, 0.15) is 0 Å². The molecule has 2 aromatic rings. The monoisotopic (exact) mass is 253 g/mol. The quantitative estimate of drug-likeness (QED) is 0.837. The predicted molar refractivity (Wildman–Crippen MR) is 83.4 cm³/mol. The first kappa shape index (κ1) is 13.8. The van der Waals surface area contributed by atoms with Crippen molar-refractivity contribution in [2.75, 3.05) is 13.6 Å². The number of hydrogen-bond donors (Lipinski definition) is 1. The van der Waals surface area contributed by atoms with E-state index in [0.717, 1.165) is 6.54 Å². The lowest BCUT2D eigenvalue weighted by atomic mass is 9.88. The second-order valence-corrected chi connectivity index (χ2v) is 5.31. The summed E-state index contributed by atoms with van der Waals surface area (Å²) in [5.41, 5.74) is 3.99. The van der Waals surface area contributed by atoms with E-state index >= 15 is 0 Å². The zero-order valence-electron chi connectivity index (χ0n) is 12.1. The molecule has 19 heavy (non-hydrogen) atoms. The predicted octanol–water partition coefficient (Wildman–Crippen LogP) is 4.31. The van der Waals surface area contributed by atoms with Crippen LogP contribution in [0.2, 0.25) is 0 Å². The lowest BCUT2D eigenvalue weighted by Crippen LogP contribution is -2.20. The summed E-state index contributed by atoms with van der Waals surface area (Å²) in [6, 6.07) is 19.5. The van der Waals surface area contributed by atoms with E-state index in [1.165, 1.54) is 16.7 Å². The van der Waals surface area contributed by atoms with E-state index < -0.39 is 0 Å². The Balaban J connectivity index is 2.15. The molecule has 0 aromatic heterocycles. The highest BCUT2D eigenvalue weighted by molar-refractivity contribution is 5.63. The lowest BCUT2D eigenvalue weighted by molar-refractivity contribution is 0.466. The zero-order valence-corrected chi connectivity index (χ0v) is 12.1. The standard InChI is InChI=1S/C18H23N/c1-14(13-19-3)15(2)16-9-11-18(12-10-16)17-7-5-4-6-8-17/h4-12,14-15,19H,13H2,1-3H3. The van der Waals surface area contributed by atoms with Gasteiger partial charge in [0.2, 0.25) is 0 Å². The highest BCUT2D eigenvalue weighted by Crippen LogP contribution is 2.26. The molecule has 0 aliphatic heterocycles. The molecule has 0 heterocycles. The van der Waals surface area contributed by atoms with Crippen LogP contribution in [0.3, 0.4) is 0 Å². The third-order valence-electron chi connectivity index (χ3n) is 3.92. The van der Waals surface area contributed by atoms with Crippen molar-refractivity contribution in [1.29, 1.82) is 0 Å². The first-order chi connectivity index (χ1) is 9.22. The van der Waals surface area contributed by atoms with Gasteiger partial charge in [0.05, 0.1) is 0 Å². The third-order valence-corrected chi connectivity index (χ3v) is 3.92. The SMILES string of the molecule is CNCC(C)C(C)c1ccc(-c2ccccc2)cc1. The minimum absolute atomic E-state index is 0.581. The van der Waals surface area contributed by atoms with Crippen molar-refractivity contribution in [3.63, 3.8) is 0 Å². The molecule has 0 saturated carbocycles. The third kappa shape index (κ3) is 3.45. The molecule has 0 amide bonds. The van der Waals surface area contributed by atoms with Crippen LogP contribution >= 0.6 is 0 Å². The number of hydrogen-bond acceptors (Lipinski definition) is 1. The van der Waals surface area contributed by atoms with Crippen molar-refractivity contribution in [1.82, 2.24) is 5.32 Å². The maximum atomic E-state index is 3.26. The summed E-state index contributed by atoms with van der Waals surface area (Å²) in [7, 11) is 2.02. The Morgan fingerprint density at radius 1 is 0.842 bits per heavy atom. The molecule has 1 nitrogen and oxygen atoms in total. The Morgan fingerprint density at radius 3 is 2.00 bits per heavy atom. The van der Waals surface area contributed by atoms with Crippen LogP contribution in [0, 0.1) is 5.92 Å². The number of benzene rings is 2. The number of nitrogens with one attached hydrogen (secondary N) is 1. The fourth-order valence-corrected chi connectivity index (χ4v) is 2.44. The van der Waals surface area contributed by atoms with Crippen LogP contribution in [-0.4, -0.2) is 13.6 Å².